The van der Waals surface area contributed by atoms with Crippen molar-refractivity contribution < 1.29 is 27.0 Å². The molecule has 2 aromatic carbocycles. The first-order valence-electron chi connectivity index (χ1n) is 12.8. The summed E-state index contributed by atoms with van der Waals surface area (Å²) in [4.78, 5) is 28.8. The molecule has 3 aromatic heterocycles. The van der Waals surface area contributed by atoms with E-state index in [1.165, 1.54) is 0 Å². The molecule has 6 nitrogen and oxygen atoms in total. The number of rotatable bonds is 2. The van der Waals surface area contributed by atoms with Crippen LogP contribution in [0.15, 0.2) is 97.1 Å². The molecule has 0 saturated heterocycles. The van der Waals surface area contributed by atoms with Crippen LogP contribution in [0.4, 0.5) is 0 Å². The maximum Gasteiger partial charge on any atom is 2.00 e. The quantitative estimate of drug-likeness (QED) is 0.217. The van der Waals surface area contributed by atoms with Gasteiger partial charge in [0.05, 0.1) is 22.8 Å². The second-order valence-electron chi connectivity index (χ2n) is 9.31. The van der Waals surface area contributed by atoms with Crippen molar-refractivity contribution in [1.82, 2.24) is 19.9 Å². The van der Waals surface area contributed by atoms with Crippen molar-refractivity contribution in [3.63, 3.8) is 0 Å². The topological polar surface area (TPSA) is 91.3 Å². The Morgan fingerprint density at radius 1 is 0.610 bits per heavy atom. The molecule has 5 heterocycles. The zero-order valence-electron chi connectivity index (χ0n) is 22.1. The second kappa shape index (κ2) is 12.0. The molecule has 2 aliphatic rings. The minimum atomic E-state index is -0.833. The molecule has 0 saturated carbocycles. The molecule has 7 rings (SSSR count). The van der Waals surface area contributed by atoms with Gasteiger partial charge in [0.25, 0.3) is 5.97 Å². The number of benzene rings is 2. The SMILES string of the molecule is C1=Cc2nc1cc1ccc([n-]1)c(-c1ccccc1)c1nc(cc3ccc([n-]3)c2-c2ccccc2)C=C1.CC(=O)O.[Mn+2]. The predicted octanol–water partition coefficient (Wildman–Crippen LogP) is 7.34. The minimum Gasteiger partial charge on any atom is -0.657 e. The molecule has 1 radical (unpaired) electrons. The van der Waals surface area contributed by atoms with E-state index in [0.717, 1.165) is 74.0 Å². The predicted molar refractivity (Wildman–Crippen MR) is 161 cm³/mol. The Bertz CT molecular complexity index is 1800. The van der Waals surface area contributed by atoms with Crippen molar-refractivity contribution in [2.75, 3.05) is 0 Å². The van der Waals surface area contributed by atoms with Crippen LogP contribution in [0.2, 0.25) is 0 Å². The normalized spacial score (nSPS) is 11.3. The van der Waals surface area contributed by atoms with Crippen LogP contribution in [0.25, 0.3) is 68.6 Å². The Morgan fingerprint density at radius 2 is 1.00 bits per heavy atom. The van der Waals surface area contributed by atoms with Crippen LogP contribution in [0.3, 0.4) is 0 Å². The third-order valence-electron chi connectivity index (χ3n) is 6.39. The maximum absolute atomic E-state index is 9.00. The molecule has 0 fully saturated rings. The first-order valence-corrected chi connectivity index (χ1v) is 12.8. The number of nitrogens with zero attached hydrogens (tertiary/aromatic N) is 4. The largest absolute Gasteiger partial charge is 2.00 e. The Balaban J connectivity index is 0.000000636. The average molecular weight is 576 g/mol. The molecule has 0 unspecified atom stereocenters. The van der Waals surface area contributed by atoms with E-state index in [1.807, 2.05) is 72.8 Å². The van der Waals surface area contributed by atoms with Crippen LogP contribution in [0.5, 0.6) is 0 Å². The van der Waals surface area contributed by atoms with Gasteiger partial charge < -0.3 is 15.1 Å². The van der Waals surface area contributed by atoms with Crippen molar-refractivity contribution in [2.24, 2.45) is 0 Å². The summed E-state index contributed by atoms with van der Waals surface area (Å²) in [6.45, 7) is 1.08. The van der Waals surface area contributed by atoms with E-state index in [0.29, 0.717) is 0 Å². The molecule has 199 valence electrons. The van der Waals surface area contributed by atoms with Crippen LogP contribution in [-0.2, 0) is 21.9 Å². The fourth-order valence-electron chi connectivity index (χ4n) is 4.76. The summed E-state index contributed by atoms with van der Waals surface area (Å²) in [5.41, 5.74) is 11.2. The smallest absolute Gasteiger partial charge is 0.657 e. The van der Waals surface area contributed by atoms with Gasteiger partial charge in [-0.3, -0.25) is 4.79 Å². The van der Waals surface area contributed by atoms with Gasteiger partial charge in [0.1, 0.15) is 0 Å². The summed E-state index contributed by atoms with van der Waals surface area (Å²) in [6, 6.07) is 32.8. The molecule has 0 spiro atoms. The van der Waals surface area contributed by atoms with Crippen molar-refractivity contribution in [3.8, 4) is 22.3 Å². The fourth-order valence-corrected chi connectivity index (χ4v) is 4.76. The average Bonchev–Trinajstić information content (AvgIpc) is 3.76. The standard InChI is InChI=1S/C32H20N4.C2H4O2.Mn/c1-3-7-21(8-4-1)31-27-15-11-23(33-27)19-25-13-17-29(35-25)32(22-9-5-2-6-10-22)30-18-14-26(36-30)20-24-12-16-28(31)34-24;1-2(3)4;/h1-20H;1H3,(H,3,4);/q-2;;+2. The van der Waals surface area contributed by atoms with Crippen LogP contribution in [0.1, 0.15) is 29.7 Å². The Labute approximate surface area is 247 Å². The van der Waals surface area contributed by atoms with Gasteiger partial charge in [0.2, 0.25) is 0 Å². The number of aromatic nitrogens is 4. The molecular formula is C34H24MnN4O2. The molecule has 0 amide bonds. The Hall–Kier alpha value is -4.97. The summed E-state index contributed by atoms with van der Waals surface area (Å²) < 4.78 is 0. The number of hydrogen-bond acceptors (Lipinski definition) is 3. The monoisotopic (exact) mass is 575 g/mol. The van der Waals surface area contributed by atoms with Gasteiger partial charge >= 0.3 is 17.1 Å². The van der Waals surface area contributed by atoms with Gasteiger partial charge in [-0.25, -0.2) is 9.97 Å². The zero-order valence-corrected chi connectivity index (χ0v) is 23.2. The first kappa shape index (κ1) is 27.6. The van der Waals surface area contributed by atoms with E-state index in [9.17, 15) is 0 Å². The van der Waals surface area contributed by atoms with Crippen LogP contribution >= 0.6 is 0 Å². The van der Waals surface area contributed by atoms with E-state index in [2.05, 4.69) is 48.6 Å². The molecule has 0 aliphatic carbocycles. The van der Waals surface area contributed by atoms with E-state index >= 15 is 0 Å². The van der Waals surface area contributed by atoms with Crippen molar-refractivity contribution in [1.29, 1.82) is 0 Å². The summed E-state index contributed by atoms with van der Waals surface area (Å²) in [7, 11) is 0. The molecule has 7 heteroatoms. The van der Waals surface area contributed by atoms with Gasteiger partial charge in [-0.2, -0.15) is 0 Å². The molecular weight excluding hydrogens is 551 g/mol. The van der Waals surface area contributed by atoms with E-state index in [-0.39, 0.29) is 17.1 Å². The second-order valence-corrected chi connectivity index (χ2v) is 9.31. The van der Waals surface area contributed by atoms with Gasteiger partial charge in [-0.05, 0) is 46.6 Å². The third-order valence-corrected chi connectivity index (χ3v) is 6.39. The van der Waals surface area contributed by atoms with Crippen molar-refractivity contribution in [3.05, 3.63) is 120 Å². The number of aliphatic carboxylic acids is 1. The van der Waals surface area contributed by atoms with E-state index in [4.69, 9.17) is 29.8 Å². The van der Waals surface area contributed by atoms with E-state index in [1.54, 1.807) is 0 Å². The number of hydrogen-bond donors (Lipinski definition) is 1. The third kappa shape index (κ3) is 6.12. The maximum atomic E-state index is 9.00. The van der Waals surface area contributed by atoms with Crippen molar-refractivity contribution >= 4 is 52.3 Å². The Kier molecular flexibility index (Phi) is 8.11. The van der Waals surface area contributed by atoms with Gasteiger partial charge in [0, 0.05) is 6.92 Å². The number of carboxylic acids is 1. The van der Waals surface area contributed by atoms with Crippen LogP contribution in [0, 0.1) is 0 Å². The van der Waals surface area contributed by atoms with E-state index < -0.39 is 5.97 Å². The fraction of sp³-hybridized carbons (Fsp3) is 0.0294. The summed E-state index contributed by atoms with van der Waals surface area (Å²) >= 11 is 0. The molecule has 0 atom stereocenters. The van der Waals surface area contributed by atoms with Gasteiger partial charge in [0.15, 0.2) is 0 Å². The summed E-state index contributed by atoms with van der Waals surface area (Å²) in [5, 5.41) is 7.42. The first-order chi connectivity index (χ1) is 19.5. The van der Waals surface area contributed by atoms with Crippen LogP contribution in [-0.4, -0.2) is 21.0 Å². The zero-order chi connectivity index (χ0) is 27.5. The van der Waals surface area contributed by atoms with Gasteiger partial charge in [-0.1, -0.05) is 97.1 Å². The number of fused-ring (bicyclic) bond motifs is 8. The van der Waals surface area contributed by atoms with Crippen molar-refractivity contribution in [2.45, 2.75) is 6.92 Å². The van der Waals surface area contributed by atoms with Gasteiger partial charge in [-0.15, -0.1) is 22.1 Å². The molecule has 41 heavy (non-hydrogen) atoms. The molecule has 2 aliphatic heterocycles. The Morgan fingerprint density at radius 3 is 1.39 bits per heavy atom. The number of carbonyl (C=O) groups is 1. The minimum absolute atomic E-state index is 0. The number of carboxylic acid groups (broad SMARTS) is 1. The molecule has 5 aromatic rings. The molecule has 1 N–H and O–H groups in total. The van der Waals surface area contributed by atoms with Crippen LogP contribution < -0.4 is 9.97 Å². The summed E-state index contributed by atoms with van der Waals surface area (Å²) in [5.74, 6) is -0.833. The summed E-state index contributed by atoms with van der Waals surface area (Å²) in [6.07, 6.45) is 8.18. The molecule has 8 bridgehead atoms.